The van der Waals surface area contributed by atoms with E-state index in [1.165, 1.54) is 5.69 Å². The molecule has 1 heterocycles. The number of pyridine rings is 1. The van der Waals surface area contributed by atoms with E-state index >= 15 is 0 Å². The second kappa shape index (κ2) is 6.05. The summed E-state index contributed by atoms with van der Waals surface area (Å²) in [6, 6.07) is 6.29. The highest BCUT2D eigenvalue weighted by molar-refractivity contribution is 5.14. The minimum absolute atomic E-state index is 0.0167. The predicted octanol–water partition coefficient (Wildman–Crippen LogP) is 2.77. The minimum atomic E-state index is -0.633. The second-order valence-electron chi connectivity index (χ2n) is 8.35. The molecular weight excluding hydrogens is 260 g/mol. The summed E-state index contributed by atoms with van der Waals surface area (Å²) in [5.41, 5.74) is 7.04. The molecule has 0 radical (unpaired) electrons. The molecule has 2 atom stereocenters. The first-order valence-corrected chi connectivity index (χ1v) is 7.77. The molecule has 3 heteroatoms. The Hall–Kier alpha value is -0.930. The van der Waals surface area contributed by atoms with Crippen LogP contribution in [0.25, 0.3) is 0 Å². The summed E-state index contributed by atoms with van der Waals surface area (Å²) in [6.45, 7) is 13.0. The molecule has 1 aromatic heterocycles. The number of hydrogen-bond acceptors (Lipinski definition) is 2. The Balaban J connectivity index is 3.37. The van der Waals surface area contributed by atoms with Gasteiger partial charge in [-0.25, -0.2) is 4.57 Å². The SMILES string of the molecule is C[n+]1ccccc1C(CC(C)(C)C)C(C)(C)C(C)(N)CO. The summed E-state index contributed by atoms with van der Waals surface area (Å²) in [4.78, 5) is 0. The molecule has 0 aliphatic carbocycles. The highest BCUT2D eigenvalue weighted by Crippen LogP contribution is 2.47. The molecule has 0 aromatic carbocycles. The van der Waals surface area contributed by atoms with Crippen LogP contribution in [0.1, 0.15) is 59.6 Å². The molecule has 1 rings (SSSR count). The van der Waals surface area contributed by atoms with Crippen LogP contribution in [-0.2, 0) is 7.05 Å². The first-order chi connectivity index (χ1) is 9.42. The average Bonchev–Trinajstić information content (AvgIpc) is 2.35. The molecule has 1 aromatic rings. The lowest BCUT2D eigenvalue weighted by Gasteiger charge is -2.46. The van der Waals surface area contributed by atoms with Gasteiger partial charge in [-0.05, 0) is 24.2 Å². The lowest BCUT2D eigenvalue weighted by atomic mass is 9.61. The fourth-order valence-corrected chi connectivity index (χ4v) is 2.84. The third-order valence-electron chi connectivity index (χ3n) is 4.94. The van der Waals surface area contributed by atoms with Crippen molar-refractivity contribution in [3.8, 4) is 0 Å². The van der Waals surface area contributed by atoms with Crippen LogP contribution in [-0.4, -0.2) is 17.3 Å². The molecule has 0 aliphatic rings. The lowest BCUT2D eigenvalue weighted by molar-refractivity contribution is -0.681. The first-order valence-electron chi connectivity index (χ1n) is 7.77. The maximum Gasteiger partial charge on any atom is 0.184 e. The number of nitrogens with two attached hydrogens (primary N) is 1. The predicted molar refractivity (Wildman–Crippen MR) is 87.9 cm³/mol. The summed E-state index contributed by atoms with van der Waals surface area (Å²) in [7, 11) is 2.08. The van der Waals surface area contributed by atoms with E-state index in [4.69, 9.17) is 5.73 Å². The van der Waals surface area contributed by atoms with E-state index < -0.39 is 5.54 Å². The highest BCUT2D eigenvalue weighted by atomic mass is 16.3. The van der Waals surface area contributed by atoms with Crippen LogP contribution in [0.3, 0.4) is 0 Å². The van der Waals surface area contributed by atoms with Crippen molar-refractivity contribution in [3.05, 3.63) is 30.1 Å². The number of nitrogens with zero attached hydrogens (tertiary/aromatic N) is 1. The van der Waals surface area contributed by atoms with Crippen LogP contribution < -0.4 is 10.3 Å². The number of rotatable bonds is 5. The van der Waals surface area contributed by atoms with E-state index in [1.807, 2.05) is 13.0 Å². The van der Waals surface area contributed by atoms with Crippen molar-refractivity contribution in [2.45, 2.75) is 59.4 Å². The van der Waals surface area contributed by atoms with Gasteiger partial charge in [0.05, 0.1) is 12.5 Å². The number of aliphatic hydroxyl groups is 1. The summed E-state index contributed by atoms with van der Waals surface area (Å²) in [5.74, 6) is 0.269. The maximum atomic E-state index is 9.76. The van der Waals surface area contributed by atoms with Gasteiger partial charge in [0.15, 0.2) is 11.9 Å². The van der Waals surface area contributed by atoms with Crippen LogP contribution in [0, 0.1) is 10.8 Å². The number of aryl methyl sites for hydroxylation is 1. The Bertz CT molecular complexity index is 472. The van der Waals surface area contributed by atoms with Gasteiger partial charge in [0.25, 0.3) is 0 Å². The Kier molecular flexibility index (Phi) is 5.22. The van der Waals surface area contributed by atoms with Gasteiger partial charge in [0.2, 0.25) is 0 Å². The van der Waals surface area contributed by atoms with Crippen molar-refractivity contribution in [2.75, 3.05) is 6.61 Å². The smallest absolute Gasteiger partial charge is 0.184 e. The molecule has 0 amide bonds. The van der Waals surface area contributed by atoms with Crippen LogP contribution >= 0.6 is 0 Å². The minimum Gasteiger partial charge on any atom is -0.394 e. The molecule has 0 aliphatic heterocycles. The largest absolute Gasteiger partial charge is 0.394 e. The van der Waals surface area contributed by atoms with Crippen molar-refractivity contribution in [3.63, 3.8) is 0 Å². The van der Waals surface area contributed by atoms with E-state index in [-0.39, 0.29) is 23.4 Å². The van der Waals surface area contributed by atoms with E-state index in [0.29, 0.717) is 0 Å². The molecule has 0 saturated heterocycles. The molecule has 0 bridgehead atoms. The molecule has 3 nitrogen and oxygen atoms in total. The van der Waals surface area contributed by atoms with Crippen molar-refractivity contribution in [2.24, 2.45) is 23.6 Å². The van der Waals surface area contributed by atoms with E-state index in [0.717, 1.165) is 6.42 Å². The number of hydrogen-bond donors (Lipinski definition) is 2. The Labute approximate surface area is 130 Å². The zero-order valence-electron chi connectivity index (χ0n) is 14.8. The summed E-state index contributed by atoms with van der Waals surface area (Å²) < 4.78 is 2.17. The number of aromatic nitrogens is 1. The van der Waals surface area contributed by atoms with Gasteiger partial charge in [-0.3, -0.25) is 0 Å². The molecule has 21 heavy (non-hydrogen) atoms. The average molecular weight is 293 g/mol. The third-order valence-corrected chi connectivity index (χ3v) is 4.94. The van der Waals surface area contributed by atoms with Crippen molar-refractivity contribution < 1.29 is 9.67 Å². The van der Waals surface area contributed by atoms with Crippen molar-refractivity contribution >= 4 is 0 Å². The summed E-state index contributed by atoms with van der Waals surface area (Å²) >= 11 is 0. The van der Waals surface area contributed by atoms with Gasteiger partial charge in [-0.2, -0.15) is 0 Å². The topological polar surface area (TPSA) is 50.1 Å². The summed E-state index contributed by atoms with van der Waals surface area (Å²) in [5, 5.41) is 9.76. The van der Waals surface area contributed by atoms with Gasteiger partial charge in [-0.1, -0.05) is 40.7 Å². The molecule has 120 valence electrons. The summed E-state index contributed by atoms with van der Waals surface area (Å²) in [6.07, 6.45) is 3.10. The van der Waals surface area contributed by atoms with Gasteiger partial charge < -0.3 is 10.8 Å². The molecular formula is C18H33N2O+. The van der Waals surface area contributed by atoms with Crippen LogP contribution in [0.5, 0.6) is 0 Å². The number of aliphatic hydroxyl groups excluding tert-OH is 1. The Morgan fingerprint density at radius 1 is 1.14 bits per heavy atom. The van der Waals surface area contributed by atoms with Gasteiger partial charge in [0, 0.05) is 17.7 Å². The molecule has 0 saturated carbocycles. The first kappa shape index (κ1) is 18.1. The molecule has 0 spiro atoms. The van der Waals surface area contributed by atoms with Crippen LogP contribution in [0.15, 0.2) is 24.4 Å². The fraction of sp³-hybridized carbons (Fsp3) is 0.722. The normalized spacial score (nSPS) is 17.4. The maximum absolute atomic E-state index is 9.76. The van der Waals surface area contributed by atoms with Crippen molar-refractivity contribution in [1.82, 2.24) is 0 Å². The molecule has 2 unspecified atom stereocenters. The van der Waals surface area contributed by atoms with Gasteiger partial charge >= 0.3 is 0 Å². The van der Waals surface area contributed by atoms with Crippen LogP contribution in [0.4, 0.5) is 0 Å². The van der Waals surface area contributed by atoms with E-state index in [9.17, 15) is 5.11 Å². The quantitative estimate of drug-likeness (QED) is 0.820. The van der Waals surface area contributed by atoms with Crippen LogP contribution in [0.2, 0.25) is 0 Å². The highest BCUT2D eigenvalue weighted by Gasteiger charge is 2.47. The standard InChI is InChI=1S/C18H33N2O/c1-16(2,3)12-14(15-10-8-9-11-20(15)7)17(4,5)18(6,19)13-21/h8-11,14,21H,12-13,19H2,1-7H3/q+1. The van der Waals surface area contributed by atoms with Gasteiger partial charge in [-0.15, -0.1) is 0 Å². The molecule has 3 N–H and O–H groups in total. The second-order valence-corrected chi connectivity index (χ2v) is 8.35. The van der Waals surface area contributed by atoms with Gasteiger partial charge in [0.1, 0.15) is 7.05 Å². The molecule has 0 fully saturated rings. The van der Waals surface area contributed by atoms with Crippen molar-refractivity contribution in [1.29, 1.82) is 0 Å². The lowest BCUT2D eigenvalue weighted by Crippen LogP contribution is -2.57. The fourth-order valence-electron chi connectivity index (χ4n) is 2.84. The zero-order chi connectivity index (χ0) is 16.5. The monoisotopic (exact) mass is 293 g/mol. The zero-order valence-corrected chi connectivity index (χ0v) is 14.8. The third kappa shape index (κ3) is 4.04. The van der Waals surface area contributed by atoms with E-state index in [1.54, 1.807) is 0 Å². The Morgan fingerprint density at radius 2 is 1.71 bits per heavy atom. The Morgan fingerprint density at radius 3 is 2.14 bits per heavy atom. The van der Waals surface area contributed by atoms with E-state index in [2.05, 4.69) is 64.6 Å².